The molecule has 2 aromatic rings. The Hall–Kier alpha value is -2.83. The van der Waals surface area contributed by atoms with Crippen LogP contribution in [-0.2, 0) is 27.3 Å². The maximum absolute atomic E-state index is 11.9. The Balaban J connectivity index is 1.85. The predicted molar refractivity (Wildman–Crippen MR) is 82.0 cm³/mol. The van der Waals surface area contributed by atoms with Crippen molar-refractivity contribution in [3.63, 3.8) is 0 Å². The van der Waals surface area contributed by atoms with Gasteiger partial charge in [0.2, 0.25) is 5.91 Å². The van der Waals surface area contributed by atoms with Gasteiger partial charge in [0.15, 0.2) is 5.82 Å². The van der Waals surface area contributed by atoms with E-state index in [-0.39, 0.29) is 12.5 Å². The van der Waals surface area contributed by atoms with Crippen LogP contribution in [0.2, 0.25) is 0 Å². The zero-order valence-corrected chi connectivity index (χ0v) is 12.3. The van der Waals surface area contributed by atoms with Crippen molar-refractivity contribution in [3.05, 3.63) is 42.1 Å². The molecule has 0 saturated carbocycles. The summed E-state index contributed by atoms with van der Waals surface area (Å²) in [7, 11) is 1.31. The van der Waals surface area contributed by atoms with Gasteiger partial charge in [-0.1, -0.05) is 18.2 Å². The minimum absolute atomic E-state index is 0.00686. The molecule has 0 fully saturated rings. The number of benzene rings is 1. The number of hydrogen-bond acceptors (Lipinski definition) is 5. The normalized spacial score (nSPS) is 10.2. The molecule has 0 bridgehead atoms. The molecule has 0 unspecified atom stereocenters. The molecule has 0 spiro atoms. The Bertz CT molecular complexity index is 666. The van der Waals surface area contributed by atoms with Gasteiger partial charge in [0.1, 0.15) is 6.54 Å². The van der Waals surface area contributed by atoms with Gasteiger partial charge in [-0.2, -0.15) is 5.10 Å². The molecular weight excluding hydrogens is 284 g/mol. The van der Waals surface area contributed by atoms with Gasteiger partial charge in [0.05, 0.1) is 7.11 Å². The summed E-state index contributed by atoms with van der Waals surface area (Å²) in [6.45, 7) is 0.00686. The summed E-state index contributed by atoms with van der Waals surface area (Å²) in [6.07, 6.45) is 2.46. The maximum atomic E-state index is 11.9. The molecule has 7 heteroatoms. The number of aromatic nitrogens is 2. The van der Waals surface area contributed by atoms with Crippen LogP contribution in [0, 0.1) is 0 Å². The molecule has 1 aromatic heterocycles. The molecule has 1 aromatic carbocycles. The third kappa shape index (κ3) is 4.34. The molecule has 22 heavy (non-hydrogen) atoms. The summed E-state index contributed by atoms with van der Waals surface area (Å²) in [6, 6.07) is 9.07. The smallest absolute Gasteiger partial charge is 0.327 e. The average molecular weight is 302 g/mol. The molecule has 116 valence electrons. The molecule has 0 aliphatic carbocycles. The highest BCUT2D eigenvalue weighted by Crippen LogP contribution is 2.13. The number of nitrogens with two attached hydrogens (primary N) is 1. The van der Waals surface area contributed by atoms with Crippen LogP contribution in [0.15, 0.2) is 36.5 Å². The first-order valence-corrected chi connectivity index (χ1v) is 6.82. The van der Waals surface area contributed by atoms with Gasteiger partial charge < -0.3 is 15.8 Å². The van der Waals surface area contributed by atoms with Crippen LogP contribution in [0.25, 0.3) is 0 Å². The van der Waals surface area contributed by atoms with Crippen molar-refractivity contribution in [2.45, 2.75) is 19.4 Å². The lowest BCUT2D eigenvalue weighted by molar-refractivity contribution is -0.141. The lowest BCUT2D eigenvalue weighted by atomic mass is 10.1. The molecular formula is C15H18N4O3. The van der Waals surface area contributed by atoms with Crippen molar-refractivity contribution >= 4 is 23.4 Å². The third-order valence-electron chi connectivity index (χ3n) is 3.10. The number of methoxy groups -OCH3 is 1. The summed E-state index contributed by atoms with van der Waals surface area (Å²) in [5.74, 6) is -0.165. The Labute approximate surface area is 128 Å². The van der Waals surface area contributed by atoms with Crippen molar-refractivity contribution in [2.24, 2.45) is 0 Å². The van der Waals surface area contributed by atoms with E-state index in [9.17, 15) is 9.59 Å². The van der Waals surface area contributed by atoms with Crippen molar-refractivity contribution in [1.82, 2.24) is 9.78 Å². The number of ether oxygens (including phenoxy) is 1. The average Bonchev–Trinajstić information content (AvgIpc) is 2.93. The van der Waals surface area contributed by atoms with Gasteiger partial charge in [-0.05, 0) is 18.1 Å². The molecule has 7 nitrogen and oxygen atoms in total. The number of aryl methyl sites for hydroxylation is 1. The summed E-state index contributed by atoms with van der Waals surface area (Å²) in [5.41, 5.74) is 7.45. The van der Waals surface area contributed by atoms with Crippen molar-refractivity contribution in [2.75, 3.05) is 18.2 Å². The number of nitrogens with one attached hydrogen (secondary N) is 1. The quantitative estimate of drug-likeness (QED) is 0.617. The van der Waals surface area contributed by atoms with E-state index in [0.717, 1.165) is 5.56 Å². The van der Waals surface area contributed by atoms with Gasteiger partial charge in [0, 0.05) is 24.4 Å². The minimum Gasteiger partial charge on any atom is -0.468 e. The Kier molecular flexibility index (Phi) is 5.13. The van der Waals surface area contributed by atoms with E-state index in [0.29, 0.717) is 24.3 Å². The molecule has 1 amide bonds. The van der Waals surface area contributed by atoms with Gasteiger partial charge >= 0.3 is 5.97 Å². The summed E-state index contributed by atoms with van der Waals surface area (Å²) < 4.78 is 5.94. The van der Waals surface area contributed by atoms with Crippen LogP contribution in [-0.4, -0.2) is 28.8 Å². The molecule has 1 heterocycles. The van der Waals surface area contributed by atoms with Crippen LogP contribution in [0.3, 0.4) is 0 Å². The lowest BCUT2D eigenvalue weighted by Crippen LogP contribution is -2.15. The lowest BCUT2D eigenvalue weighted by Gasteiger charge is -2.05. The standard InChI is InChI=1S/C15H18N4O3/c1-22-15(21)10-19-9-8-13(18-19)17-14(20)7-6-11-4-2-3-5-12(11)16/h2-5,8-9H,6-7,10,16H2,1H3,(H,17,18,20). The first kappa shape index (κ1) is 15.6. The SMILES string of the molecule is COC(=O)Cn1ccc(NC(=O)CCc2ccccc2N)n1. The van der Waals surface area contributed by atoms with Gasteiger partial charge in [-0.25, -0.2) is 0 Å². The van der Waals surface area contributed by atoms with Crippen LogP contribution in [0.1, 0.15) is 12.0 Å². The second-order valence-corrected chi connectivity index (χ2v) is 4.72. The summed E-state index contributed by atoms with van der Waals surface area (Å²) >= 11 is 0. The van der Waals surface area contributed by atoms with Gasteiger partial charge in [-0.3, -0.25) is 14.3 Å². The molecule has 0 aliphatic rings. The topological polar surface area (TPSA) is 99.2 Å². The van der Waals surface area contributed by atoms with Crippen molar-refractivity contribution < 1.29 is 14.3 Å². The van der Waals surface area contributed by atoms with E-state index >= 15 is 0 Å². The van der Waals surface area contributed by atoms with E-state index in [4.69, 9.17) is 5.73 Å². The fourth-order valence-corrected chi connectivity index (χ4v) is 1.93. The maximum Gasteiger partial charge on any atom is 0.327 e. The molecule has 3 N–H and O–H groups in total. The third-order valence-corrected chi connectivity index (χ3v) is 3.10. The molecule has 2 rings (SSSR count). The number of hydrogen-bond donors (Lipinski definition) is 2. The largest absolute Gasteiger partial charge is 0.468 e. The molecule has 0 saturated heterocycles. The predicted octanol–water partition coefficient (Wildman–Crippen LogP) is 1.21. The van der Waals surface area contributed by atoms with Crippen molar-refractivity contribution in [3.8, 4) is 0 Å². The number of esters is 1. The first-order chi connectivity index (χ1) is 10.6. The number of anilines is 2. The molecule has 0 atom stereocenters. The number of nitrogen functional groups attached to an aromatic ring is 1. The monoisotopic (exact) mass is 302 g/mol. The minimum atomic E-state index is -0.402. The zero-order valence-electron chi connectivity index (χ0n) is 12.3. The van der Waals surface area contributed by atoms with Crippen LogP contribution < -0.4 is 11.1 Å². The number of amides is 1. The number of carbonyl (C=O) groups is 2. The Morgan fingerprint density at radius 2 is 2.09 bits per heavy atom. The fraction of sp³-hybridized carbons (Fsp3) is 0.267. The van der Waals surface area contributed by atoms with Crippen LogP contribution >= 0.6 is 0 Å². The number of para-hydroxylation sites is 1. The van der Waals surface area contributed by atoms with E-state index in [1.807, 2.05) is 24.3 Å². The summed E-state index contributed by atoms with van der Waals surface area (Å²) in [4.78, 5) is 23.0. The van der Waals surface area contributed by atoms with E-state index in [2.05, 4.69) is 15.2 Å². The highest BCUT2D eigenvalue weighted by molar-refractivity contribution is 5.89. The van der Waals surface area contributed by atoms with Gasteiger partial charge in [0.25, 0.3) is 0 Å². The zero-order chi connectivity index (χ0) is 15.9. The second kappa shape index (κ2) is 7.26. The van der Waals surface area contributed by atoms with Crippen LogP contribution in [0.5, 0.6) is 0 Å². The number of rotatable bonds is 6. The van der Waals surface area contributed by atoms with E-state index < -0.39 is 5.97 Å². The van der Waals surface area contributed by atoms with E-state index in [1.165, 1.54) is 11.8 Å². The Morgan fingerprint density at radius 3 is 2.82 bits per heavy atom. The number of carbonyl (C=O) groups excluding carboxylic acids is 2. The molecule has 0 aliphatic heterocycles. The highest BCUT2D eigenvalue weighted by atomic mass is 16.5. The summed E-state index contributed by atoms with van der Waals surface area (Å²) in [5, 5.41) is 6.75. The highest BCUT2D eigenvalue weighted by Gasteiger charge is 2.08. The fourth-order valence-electron chi connectivity index (χ4n) is 1.93. The second-order valence-electron chi connectivity index (χ2n) is 4.72. The molecule has 0 radical (unpaired) electrons. The number of nitrogens with zero attached hydrogens (tertiary/aromatic N) is 2. The van der Waals surface area contributed by atoms with Gasteiger partial charge in [-0.15, -0.1) is 0 Å². The van der Waals surface area contributed by atoms with E-state index in [1.54, 1.807) is 12.3 Å². The van der Waals surface area contributed by atoms with Crippen LogP contribution in [0.4, 0.5) is 11.5 Å². The first-order valence-electron chi connectivity index (χ1n) is 6.82. The Morgan fingerprint density at radius 1 is 1.32 bits per heavy atom. The van der Waals surface area contributed by atoms with Crippen molar-refractivity contribution in [1.29, 1.82) is 0 Å².